The molecule has 1 aromatic carbocycles. The van der Waals surface area contributed by atoms with Crippen molar-refractivity contribution in [2.24, 2.45) is 0 Å². The number of carbonyl (C=O) groups excluding carboxylic acids is 1. The smallest absolute Gasteiger partial charge is 0.238 e. The van der Waals surface area contributed by atoms with Crippen molar-refractivity contribution < 1.29 is 4.79 Å². The van der Waals surface area contributed by atoms with Gasteiger partial charge in [0.25, 0.3) is 0 Å². The number of anilines is 1. The molecule has 5 heteroatoms. The highest BCUT2D eigenvalue weighted by Crippen LogP contribution is 2.37. The average Bonchev–Trinajstić information content (AvgIpc) is 2.96. The van der Waals surface area contributed by atoms with E-state index in [1.807, 2.05) is 0 Å². The molecular weight excluding hydrogens is 246 g/mol. The number of hydrogen-bond donors (Lipinski definition) is 2. The molecule has 2 N–H and O–H groups in total. The van der Waals surface area contributed by atoms with Gasteiger partial charge in [0, 0.05) is 11.1 Å². The van der Waals surface area contributed by atoms with Gasteiger partial charge in [-0.15, -0.1) is 11.8 Å². The van der Waals surface area contributed by atoms with Crippen molar-refractivity contribution >= 4 is 23.4 Å². The molecule has 0 saturated carbocycles. The maximum absolute atomic E-state index is 12.1. The number of hydrogen-bond acceptors (Lipinski definition) is 3. The molecule has 92 valence electrons. The minimum atomic E-state index is -0.0447. The number of fused-ring (bicyclic) bond motifs is 1. The lowest BCUT2D eigenvalue weighted by Gasteiger charge is -2.07. The molecule has 18 heavy (non-hydrogen) atoms. The van der Waals surface area contributed by atoms with Gasteiger partial charge in [-0.3, -0.25) is 9.89 Å². The molecule has 4 nitrogen and oxygen atoms in total. The number of thioether (sulfide) groups is 1. The SMILES string of the molecule is Cc1ccc2c(c1)SC(C(=O)Nc1cn[nH]c1)C2. The summed E-state index contributed by atoms with van der Waals surface area (Å²) in [4.78, 5) is 13.3. The third-order valence-electron chi connectivity index (χ3n) is 2.96. The third-order valence-corrected chi connectivity index (χ3v) is 4.25. The number of H-pyrrole nitrogens is 1. The van der Waals surface area contributed by atoms with Crippen LogP contribution < -0.4 is 5.32 Å². The second-order valence-corrected chi connectivity index (χ2v) is 5.64. The van der Waals surface area contributed by atoms with Crippen molar-refractivity contribution in [1.29, 1.82) is 0 Å². The van der Waals surface area contributed by atoms with Crippen molar-refractivity contribution in [2.75, 3.05) is 5.32 Å². The summed E-state index contributed by atoms with van der Waals surface area (Å²) >= 11 is 1.64. The number of amides is 1. The Morgan fingerprint density at radius 2 is 2.44 bits per heavy atom. The number of aromatic amines is 1. The van der Waals surface area contributed by atoms with Gasteiger partial charge in [-0.2, -0.15) is 5.10 Å². The molecule has 0 aliphatic carbocycles. The van der Waals surface area contributed by atoms with Crippen LogP contribution in [0, 0.1) is 6.92 Å². The first-order valence-electron chi connectivity index (χ1n) is 5.78. The molecule has 0 saturated heterocycles. The van der Waals surface area contributed by atoms with E-state index < -0.39 is 0 Å². The molecule has 2 heterocycles. The van der Waals surface area contributed by atoms with Crippen LogP contribution in [-0.4, -0.2) is 21.4 Å². The third kappa shape index (κ3) is 2.13. The molecule has 3 rings (SSSR count). The number of carbonyl (C=O) groups is 1. The first-order chi connectivity index (χ1) is 8.72. The standard InChI is InChI=1S/C13H13N3OS/c1-8-2-3-9-5-12(18-11(9)4-8)13(17)16-10-6-14-15-7-10/h2-4,6-7,12H,5H2,1H3,(H,14,15)(H,16,17). The second kappa shape index (κ2) is 4.49. The van der Waals surface area contributed by atoms with E-state index in [2.05, 4.69) is 40.6 Å². The summed E-state index contributed by atoms with van der Waals surface area (Å²) in [5, 5.41) is 9.30. The Hall–Kier alpha value is -1.75. The van der Waals surface area contributed by atoms with Crippen LogP contribution in [0.25, 0.3) is 0 Å². The van der Waals surface area contributed by atoms with Crippen LogP contribution >= 0.6 is 11.8 Å². The Morgan fingerprint density at radius 3 is 3.22 bits per heavy atom. The molecule has 2 aromatic rings. The largest absolute Gasteiger partial charge is 0.322 e. The van der Waals surface area contributed by atoms with E-state index >= 15 is 0 Å². The summed E-state index contributed by atoms with van der Waals surface area (Å²) in [6, 6.07) is 6.35. The molecule has 1 unspecified atom stereocenters. The lowest BCUT2D eigenvalue weighted by molar-refractivity contribution is -0.115. The van der Waals surface area contributed by atoms with Crippen LogP contribution in [0.4, 0.5) is 5.69 Å². The molecular formula is C13H13N3OS. The van der Waals surface area contributed by atoms with Gasteiger partial charge in [0.05, 0.1) is 17.1 Å². The van der Waals surface area contributed by atoms with Crippen molar-refractivity contribution in [3.05, 3.63) is 41.7 Å². The predicted molar refractivity (Wildman–Crippen MR) is 71.7 cm³/mol. The Bertz CT molecular complexity index is 580. The maximum Gasteiger partial charge on any atom is 0.238 e. The van der Waals surface area contributed by atoms with E-state index in [-0.39, 0.29) is 11.2 Å². The quantitative estimate of drug-likeness (QED) is 0.870. The van der Waals surface area contributed by atoms with Crippen LogP contribution in [-0.2, 0) is 11.2 Å². The van der Waals surface area contributed by atoms with Gasteiger partial charge in [0.1, 0.15) is 0 Å². The monoisotopic (exact) mass is 259 g/mol. The fraction of sp³-hybridized carbons (Fsp3) is 0.231. The molecule has 0 fully saturated rings. The zero-order valence-corrected chi connectivity index (χ0v) is 10.8. The Labute approximate surface area is 109 Å². The van der Waals surface area contributed by atoms with E-state index in [1.54, 1.807) is 24.2 Å². The summed E-state index contributed by atoms with van der Waals surface area (Å²) < 4.78 is 0. The first-order valence-corrected chi connectivity index (χ1v) is 6.66. The van der Waals surface area contributed by atoms with Gasteiger partial charge in [0.15, 0.2) is 0 Å². The summed E-state index contributed by atoms with van der Waals surface area (Å²) in [6.07, 6.45) is 4.08. The molecule has 1 aliphatic rings. The lowest BCUT2D eigenvalue weighted by Crippen LogP contribution is -2.24. The average molecular weight is 259 g/mol. The number of aromatic nitrogens is 2. The molecule has 1 aromatic heterocycles. The summed E-state index contributed by atoms with van der Waals surface area (Å²) in [5.74, 6) is 0.0373. The van der Waals surface area contributed by atoms with Gasteiger partial charge in [0.2, 0.25) is 5.91 Å². The van der Waals surface area contributed by atoms with Crippen molar-refractivity contribution in [1.82, 2.24) is 10.2 Å². The lowest BCUT2D eigenvalue weighted by atomic mass is 10.1. The summed E-state index contributed by atoms with van der Waals surface area (Å²) in [5.41, 5.74) is 3.21. The highest BCUT2D eigenvalue weighted by atomic mass is 32.2. The molecule has 0 bridgehead atoms. The van der Waals surface area contributed by atoms with E-state index in [0.29, 0.717) is 5.69 Å². The number of nitrogens with one attached hydrogen (secondary N) is 2. The Balaban J connectivity index is 1.72. The first kappa shape index (κ1) is 11.3. The molecule has 1 amide bonds. The molecule has 1 atom stereocenters. The fourth-order valence-corrected chi connectivity index (χ4v) is 3.32. The zero-order chi connectivity index (χ0) is 12.5. The molecule has 1 aliphatic heterocycles. The van der Waals surface area contributed by atoms with Crippen molar-refractivity contribution in [3.8, 4) is 0 Å². The van der Waals surface area contributed by atoms with Gasteiger partial charge >= 0.3 is 0 Å². The molecule has 0 spiro atoms. The van der Waals surface area contributed by atoms with Crippen molar-refractivity contribution in [2.45, 2.75) is 23.5 Å². The van der Waals surface area contributed by atoms with Crippen LogP contribution in [0.1, 0.15) is 11.1 Å². The zero-order valence-electron chi connectivity index (χ0n) is 9.93. The number of aryl methyl sites for hydroxylation is 1. The van der Waals surface area contributed by atoms with Gasteiger partial charge < -0.3 is 5.32 Å². The van der Waals surface area contributed by atoms with E-state index in [1.165, 1.54) is 16.0 Å². The van der Waals surface area contributed by atoms with Crippen LogP contribution in [0.5, 0.6) is 0 Å². The fourth-order valence-electron chi connectivity index (χ4n) is 2.02. The van der Waals surface area contributed by atoms with E-state index in [4.69, 9.17) is 0 Å². The molecule has 0 radical (unpaired) electrons. The summed E-state index contributed by atoms with van der Waals surface area (Å²) in [6.45, 7) is 2.07. The summed E-state index contributed by atoms with van der Waals surface area (Å²) in [7, 11) is 0. The highest BCUT2D eigenvalue weighted by Gasteiger charge is 2.28. The Kier molecular flexibility index (Phi) is 2.83. The minimum absolute atomic E-state index is 0.0373. The van der Waals surface area contributed by atoms with Crippen LogP contribution in [0.2, 0.25) is 0 Å². The van der Waals surface area contributed by atoms with E-state index in [9.17, 15) is 4.79 Å². The normalized spacial score (nSPS) is 17.5. The number of nitrogens with zero attached hydrogens (tertiary/aromatic N) is 1. The number of benzene rings is 1. The minimum Gasteiger partial charge on any atom is -0.322 e. The highest BCUT2D eigenvalue weighted by molar-refractivity contribution is 8.01. The predicted octanol–water partition coefficient (Wildman–Crippen LogP) is 2.37. The van der Waals surface area contributed by atoms with Crippen molar-refractivity contribution in [3.63, 3.8) is 0 Å². The second-order valence-electron chi connectivity index (χ2n) is 4.40. The van der Waals surface area contributed by atoms with Gasteiger partial charge in [-0.25, -0.2) is 0 Å². The van der Waals surface area contributed by atoms with Crippen LogP contribution in [0.3, 0.4) is 0 Å². The van der Waals surface area contributed by atoms with Crippen LogP contribution in [0.15, 0.2) is 35.5 Å². The van der Waals surface area contributed by atoms with E-state index in [0.717, 1.165) is 6.42 Å². The Morgan fingerprint density at radius 1 is 1.56 bits per heavy atom. The topological polar surface area (TPSA) is 57.8 Å². The van der Waals surface area contributed by atoms with Gasteiger partial charge in [-0.1, -0.05) is 17.7 Å². The maximum atomic E-state index is 12.1. The number of rotatable bonds is 2. The van der Waals surface area contributed by atoms with Gasteiger partial charge in [-0.05, 0) is 25.0 Å².